The van der Waals surface area contributed by atoms with E-state index in [1.165, 1.54) is 0 Å². The van der Waals surface area contributed by atoms with E-state index in [2.05, 4.69) is 0 Å². The summed E-state index contributed by atoms with van der Waals surface area (Å²) < 4.78 is 12.0. The van der Waals surface area contributed by atoms with E-state index >= 15 is 0 Å². The number of rotatable bonds is 3. The van der Waals surface area contributed by atoms with Gasteiger partial charge >= 0.3 is 0 Å². The van der Waals surface area contributed by atoms with Crippen LogP contribution in [0.3, 0.4) is 0 Å². The Kier molecular flexibility index (Phi) is 5.03. The molecule has 0 amide bonds. The molecule has 1 aliphatic heterocycles. The van der Waals surface area contributed by atoms with Crippen molar-refractivity contribution < 1.29 is 28.7 Å². The highest BCUT2D eigenvalue weighted by Gasteiger charge is 2.49. The van der Waals surface area contributed by atoms with Crippen LogP contribution in [0.5, 0.6) is 11.5 Å². The highest BCUT2D eigenvalue weighted by atomic mass is 16.5. The summed E-state index contributed by atoms with van der Waals surface area (Å²) in [7, 11) is 0. The summed E-state index contributed by atoms with van der Waals surface area (Å²) in [6, 6.07) is 29.1. The van der Waals surface area contributed by atoms with E-state index in [1.54, 1.807) is 72.8 Å². The van der Waals surface area contributed by atoms with Crippen molar-refractivity contribution >= 4 is 23.1 Å². The van der Waals surface area contributed by atoms with Gasteiger partial charge in [0.15, 0.2) is 23.1 Å². The van der Waals surface area contributed by atoms with E-state index in [4.69, 9.17) is 9.47 Å². The molecule has 39 heavy (non-hydrogen) atoms. The van der Waals surface area contributed by atoms with Crippen molar-refractivity contribution in [1.82, 2.24) is 0 Å². The lowest BCUT2D eigenvalue weighted by Crippen LogP contribution is -2.36. The zero-order chi connectivity index (χ0) is 26.7. The molecular formula is C33H18O6. The highest BCUT2D eigenvalue weighted by Crippen LogP contribution is 2.49. The number of para-hydroxylation sites is 1. The third kappa shape index (κ3) is 3.42. The number of Topliss-reactive ketones (excluding diaryl/α,β-unsaturated/α-hetero) is 4. The molecule has 3 aliphatic rings. The molecule has 1 heterocycles. The number of benzene rings is 4. The van der Waals surface area contributed by atoms with Crippen LogP contribution < -0.4 is 4.74 Å². The second-order valence-electron chi connectivity index (χ2n) is 9.42. The summed E-state index contributed by atoms with van der Waals surface area (Å²) in [5.74, 6) is -2.25. The van der Waals surface area contributed by atoms with Crippen molar-refractivity contribution in [2.45, 2.75) is 5.92 Å². The summed E-state index contributed by atoms with van der Waals surface area (Å²) >= 11 is 0. The minimum atomic E-state index is -1.02. The van der Waals surface area contributed by atoms with E-state index in [0.717, 1.165) is 0 Å². The zero-order valence-corrected chi connectivity index (χ0v) is 20.3. The molecular weight excluding hydrogens is 492 g/mol. The van der Waals surface area contributed by atoms with Crippen LogP contribution in [0.4, 0.5) is 0 Å². The van der Waals surface area contributed by atoms with E-state index in [0.29, 0.717) is 17.1 Å². The molecule has 0 atom stereocenters. The van der Waals surface area contributed by atoms with Crippen LogP contribution in [0.2, 0.25) is 0 Å². The first-order valence-electron chi connectivity index (χ1n) is 12.4. The molecule has 2 aliphatic carbocycles. The molecule has 0 aromatic heterocycles. The molecule has 7 rings (SSSR count). The summed E-state index contributed by atoms with van der Waals surface area (Å²) in [5.41, 5.74) is 1.44. The van der Waals surface area contributed by atoms with Crippen molar-refractivity contribution in [2.24, 2.45) is 0 Å². The lowest BCUT2D eigenvalue weighted by Gasteiger charge is -2.35. The number of hydrogen-bond acceptors (Lipinski definition) is 6. The van der Waals surface area contributed by atoms with E-state index in [-0.39, 0.29) is 44.9 Å². The van der Waals surface area contributed by atoms with Crippen LogP contribution in [0, 0.1) is 0 Å². The van der Waals surface area contributed by atoms with E-state index < -0.39 is 29.1 Å². The first kappa shape index (κ1) is 22.8. The average Bonchev–Trinajstić information content (AvgIpc) is 2.98. The summed E-state index contributed by atoms with van der Waals surface area (Å²) in [6.07, 6.45) is 0. The Balaban J connectivity index is 1.44. The monoisotopic (exact) mass is 510 g/mol. The fraction of sp³-hybridized carbons (Fsp3) is 0.0303. The number of carbonyl (C=O) groups is 4. The Morgan fingerprint density at radius 1 is 0.487 bits per heavy atom. The van der Waals surface area contributed by atoms with Crippen molar-refractivity contribution in [3.63, 3.8) is 0 Å². The molecule has 0 bridgehead atoms. The predicted molar refractivity (Wildman–Crippen MR) is 141 cm³/mol. The number of allylic oxidation sites excluding steroid dienone is 4. The van der Waals surface area contributed by atoms with Gasteiger partial charge < -0.3 is 9.47 Å². The topological polar surface area (TPSA) is 86.7 Å². The molecule has 0 unspecified atom stereocenters. The number of carbonyl (C=O) groups excluding carboxylic acids is 4. The maximum Gasteiger partial charge on any atom is 0.229 e. The van der Waals surface area contributed by atoms with Crippen molar-refractivity contribution in [2.75, 3.05) is 0 Å². The number of fused-ring (bicyclic) bond motifs is 2. The minimum Gasteiger partial charge on any atom is -0.457 e. The van der Waals surface area contributed by atoms with Crippen LogP contribution in [0.1, 0.15) is 52.9 Å². The SMILES string of the molecule is O=C1C2=C(C(=O)c3ccccc31)C(c1cccc(Oc3ccccc3)c1)C1=C(O2)C(=O)c2ccccc2C1=O. The van der Waals surface area contributed by atoms with Gasteiger partial charge in [-0.25, -0.2) is 0 Å². The number of ether oxygens (including phenoxy) is 2. The molecule has 4 aromatic carbocycles. The van der Waals surface area contributed by atoms with Gasteiger partial charge in [-0.2, -0.15) is 0 Å². The molecule has 0 fully saturated rings. The lowest BCUT2D eigenvalue weighted by molar-refractivity contribution is 0.0822. The molecule has 0 N–H and O–H groups in total. The third-order valence-corrected chi connectivity index (χ3v) is 7.18. The van der Waals surface area contributed by atoms with Gasteiger partial charge in [0.25, 0.3) is 0 Å². The van der Waals surface area contributed by atoms with Gasteiger partial charge in [-0.05, 0) is 29.8 Å². The molecule has 6 heteroatoms. The third-order valence-electron chi connectivity index (χ3n) is 7.18. The fourth-order valence-corrected chi connectivity index (χ4v) is 5.43. The van der Waals surface area contributed by atoms with Gasteiger partial charge in [0.05, 0.1) is 11.1 Å². The van der Waals surface area contributed by atoms with Crippen LogP contribution in [-0.2, 0) is 4.74 Å². The Bertz CT molecular complexity index is 1730. The Labute approximate surface area is 222 Å². The second kappa shape index (κ2) is 8.60. The zero-order valence-electron chi connectivity index (χ0n) is 20.3. The lowest BCUT2D eigenvalue weighted by atomic mass is 9.70. The molecule has 186 valence electrons. The first-order valence-corrected chi connectivity index (χ1v) is 12.4. The molecule has 4 aromatic rings. The number of ketones is 4. The van der Waals surface area contributed by atoms with Gasteiger partial charge in [0.2, 0.25) is 11.6 Å². The Morgan fingerprint density at radius 3 is 1.49 bits per heavy atom. The van der Waals surface area contributed by atoms with Crippen LogP contribution in [0.25, 0.3) is 0 Å². The van der Waals surface area contributed by atoms with Gasteiger partial charge in [0, 0.05) is 28.2 Å². The van der Waals surface area contributed by atoms with Gasteiger partial charge in [-0.15, -0.1) is 0 Å². The maximum atomic E-state index is 13.9. The van der Waals surface area contributed by atoms with Gasteiger partial charge in [-0.3, -0.25) is 19.2 Å². The molecule has 0 saturated carbocycles. The highest BCUT2D eigenvalue weighted by molar-refractivity contribution is 6.32. The Hall–Kier alpha value is -5.36. The molecule has 0 spiro atoms. The van der Waals surface area contributed by atoms with E-state index in [1.807, 2.05) is 30.3 Å². The Morgan fingerprint density at radius 2 is 0.949 bits per heavy atom. The quantitative estimate of drug-likeness (QED) is 0.323. The van der Waals surface area contributed by atoms with Crippen LogP contribution in [0.15, 0.2) is 126 Å². The predicted octanol–water partition coefficient (Wildman–Crippen LogP) is 6.26. The van der Waals surface area contributed by atoms with Crippen molar-refractivity contribution in [3.8, 4) is 11.5 Å². The van der Waals surface area contributed by atoms with Gasteiger partial charge in [0.1, 0.15) is 11.5 Å². The molecule has 0 radical (unpaired) electrons. The summed E-state index contributed by atoms with van der Waals surface area (Å²) in [5, 5.41) is 0. The largest absolute Gasteiger partial charge is 0.457 e. The van der Waals surface area contributed by atoms with E-state index in [9.17, 15) is 19.2 Å². The molecule has 0 saturated heterocycles. The first-order chi connectivity index (χ1) is 19.0. The van der Waals surface area contributed by atoms with Crippen LogP contribution >= 0.6 is 0 Å². The summed E-state index contributed by atoms with van der Waals surface area (Å²) in [6.45, 7) is 0. The van der Waals surface area contributed by atoms with Gasteiger partial charge in [-0.1, -0.05) is 78.9 Å². The van der Waals surface area contributed by atoms with Crippen molar-refractivity contribution in [3.05, 3.63) is 154 Å². The average molecular weight is 511 g/mol. The smallest absolute Gasteiger partial charge is 0.229 e. The minimum absolute atomic E-state index is 0.0369. The van der Waals surface area contributed by atoms with Crippen LogP contribution in [-0.4, -0.2) is 23.1 Å². The normalized spacial score (nSPS) is 16.3. The standard InChI is InChI=1S/C33H18O6/c34-28-21-13-4-6-15-23(21)30(36)32-26(28)25(18-9-8-12-20(17-18)38-19-10-2-1-3-11-19)27-29(35)22-14-5-7-16-24(22)31(37)33(27)39-32/h1-17,25H. The van der Waals surface area contributed by atoms with Crippen molar-refractivity contribution in [1.29, 1.82) is 0 Å². The fourth-order valence-electron chi connectivity index (χ4n) is 5.43. The second-order valence-corrected chi connectivity index (χ2v) is 9.42. The maximum absolute atomic E-state index is 13.9. The summed E-state index contributed by atoms with van der Waals surface area (Å²) in [4.78, 5) is 55.1. The molecule has 6 nitrogen and oxygen atoms in total. The number of hydrogen-bond donors (Lipinski definition) is 0.